The Kier molecular flexibility index (Phi) is 20.1. The van der Waals surface area contributed by atoms with Gasteiger partial charge in [-0.05, 0) is 77.9 Å². The Morgan fingerprint density at radius 3 is 1.03 bits per heavy atom. The van der Waals surface area contributed by atoms with Crippen LogP contribution in [0.25, 0.3) is 0 Å². The first-order valence-electron chi connectivity index (χ1n) is 11.1. The highest BCUT2D eigenvalue weighted by molar-refractivity contribution is 8.13. The van der Waals surface area contributed by atoms with Gasteiger partial charge in [0.25, 0.3) is 0 Å². The van der Waals surface area contributed by atoms with Crippen molar-refractivity contribution in [3.63, 3.8) is 0 Å². The minimum absolute atomic E-state index is 0.285. The predicted molar refractivity (Wildman–Crippen MR) is 199 cm³/mol. The molecule has 0 heterocycles. The zero-order chi connectivity index (χ0) is 27.4. The number of hydrogen-bond acceptors (Lipinski definition) is 12. The van der Waals surface area contributed by atoms with Crippen molar-refractivity contribution in [3.05, 3.63) is 36.4 Å². The van der Waals surface area contributed by atoms with Crippen molar-refractivity contribution in [2.45, 2.75) is 98.4 Å². The van der Waals surface area contributed by atoms with Crippen molar-refractivity contribution in [3.8, 4) is 0 Å². The van der Waals surface area contributed by atoms with Crippen LogP contribution in [-0.2, 0) is 0 Å². The topological polar surface area (TPSA) is 0 Å². The average molecular weight is 709 g/mol. The Hall–Kier alpha value is 2.64. The van der Waals surface area contributed by atoms with Crippen LogP contribution in [0.15, 0.2) is 65.8 Å². The summed E-state index contributed by atoms with van der Waals surface area (Å²) in [5.74, 6) is 0. The van der Waals surface area contributed by atoms with Gasteiger partial charge in [0.1, 0.15) is 0 Å². The molecule has 0 aromatic heterocycles. The Bertz CT molecular complexity index is 827. The summed E-state index contributed by atoms with van der Waals surface area (Å²) in [6.07, 6.45) is 0. The molecule has 0 fully saturated rings. The Morgan fingerprint density at radius 2 is 0.694 bits per heavy atom. The molecule has 0 saturated heterocycles. The van der Waals surface area contributed by atoms with Gasteiger partial charge in [0.05, 0.1) is 0 Å². The molecule has 36 heavy (non-hydrogen) atoms. The van der Waals surface area contributed by atoms with Crippen LogP contribution < -0.4 is 0 Å². The lowest BCUT2D eigenvalue weighted by Gasteiger charge is -2.14. The van der Waals surface area contributed by atoms with E-state index in [2.05, 4.69) is 154 Å². The van der Waals surface area contributed by atoms with E-state index < -0.39 is 0 Å². The minimum atomic E-state index is 0.285. The van der Waals surface area contributed by atoms with E-state index in [4.69, 9.17) is 0 Å². The summed E-state index contributed by atoms with van der Waals surface area (Å²) in [6.45, 7) is 12.5. The molecular weight excluding hydrogens is 673 g/mol. The molecule has 0 bridgehead atoms. The highest BCUT2D eigenvalue weighted by atomic mass is 32.2. The summed E-state index contributed by atoms with van der Waals surface area (Å²) in [4.78, 5) is 7.58. The van der Waals surface area contributed by atoms with Crippen molar-refractivity contribution >= 4 is 146 Å². The quantitative estimate of drug-likeness (QED) is 0.0733. The molecule has 0 radical (unpaired) electrons. The largest absolute Gasteiger partial charge is 0.165 e. The highest BCUT2D eigenvalue weighted by Crippen LogP contribution is 2.40. The van der Waals surface area contributed by atoms with Crippen LogP contribution in [0, 0.1) is 0 Å². The summed E-state index contributed by atoms with van der Waals surface area (Å²) in [5.41, 5.74) is 0. The zero-order valence-corrected chi connectivity index (χ0v) is 31.3. The molecule has 2 aromatic carbocycles. The first-order valence-corrected chi connectivity index (χ1v) is 19.5. The standard InChI is InChI=1S/2C12H18S6/c1-7(13)16-10-4-11(17-8(2)14)6-12(5-10)18-9(3)15;1-7(13)16-10-4-5-11(17-8(2)14)12(6-10)18-9(3)15/h2*4-9,13-15H,1-3H3. The third-order valence-corrected chi connectivity index (χ3v) is 10.9. The lowest BCUT2D eigenvalue weighted by molar-refractivity contribution is 1.17. The maximum Gasteiger partial charge on any atom is 0.0491 e. The molecule has 0 aliphatic rings. The van der Waals surface area contributed by atoms with E-state index >= 15 is 0 Å². The molecule has 2 aromatic rings. The van der Waals surface area contributed by atoms with Gasteiger partial charge in [0.15, 0.2) is 0 Å². The molecule has 12 heteroatoms. The molecule has 0 N–H and O–H groups in total. The van der Waals surface area contributed by atoms with Gasteiger partial charge in [-0.25, -0.2) is 0 Å². The van der Waals surface area contributed by atoms with E-state index in [9.17, 15) is 0 Å². The lowest BCUT2D eigenvalue weighted by Crippen LogP contribution is -1.90. The van der Waals surface area contributed by atoms with Crippen LogP contribution in [0.1, 0.15) is 41.5 Å². The van der Waals surface area contributed by atoms with Crippen LogP contribution in [0.3, 0.4) is 0 Å². The van der Waals surface area contributed by atoms with E-state index in [1.807, 2.05) is 0 Å². The maximum atomic E-state index is 4.46. The summed E-state index contributed by atoms with van der Waals surface area (Å²) >= 11 is 37.3. The fourth-order valence-electron chi connectivity index (χ4n) is 2.66. The van der Waals surface area contributed by atoms with Gasteiger partial charge in [-0.15, -0.1) is 70.6 Å². The third-order valence-electron chi connectivity index (χ3n) is 3.59. The summed E-state index contributed by atoms with van der Waals surface area (Å²) in [5, 5.41) is 0. The normalized spacial score (nSPS) is 16.3. The molecule has 2 rings (SSSR count). The Labute approximate surface area is 278 Å². The fourth-order valence-corrected chi connectivity index (χ4v) is 9.90. The Balaban J connectivity index is 0.000000360. The van der Waals surface area contributed by atoms with E-state index in [1.54, 1.807) is 70.6 Å². The SMILES string of the molecule is CC(S)Sc1cc(SC(C)S)cc(SC(C)S)c1.CC(S)Sc1ccc(SC(C)S)c(SC(C)S)c1. The van der Waals surface area contributed by atoms with Gasteiger partial charge in [-0.1, -0.05) is 0 Å². The second-order valence-corrected chi connectivity index (χ2v) is 22.7. The van der Waals surface area contributed by atoms with Gasteiger partial charge in [-0.3, -0.25) is 0 Å². The van der Waals surface area contributed by atoms with Crippen LogP contribution >= 0.6 is 146 Å². The monoisotopic (exact) mass is 708 g/mol. The number of thiol groups is 6. The summed E-state index contributed by atoms with van der Waals surface area (Å²) in [6, 6.07) is 13.2. The fraction of sp³-hybridized carbons (Fsp3) is 0.500. The van der Waals surface area contributed by atoms with Gasteiger partial charge >= 0.3 is 0 Å². The van der Waals surface area contributed by atoms with Gasteiger partial charge in [-0.2, -0.15) is 75.8 Å². The third kappa shape index (κ3) is 17.5. The second kappa shape index (κ2) is 19.7. The van der Waals surface area contributed by atoms with Gasteiger partial charge in [0.2, 0.25) is 0 Å². The summed E-state index contributed by atoms with van der Waals surface area (Å²) in [7, 11) is 0. The first-order chi connectivity index (χ1) is 16.7. The van der Waals surface area contributed by atoms with Crippen molar-refractivity contribution in [2.75, 3.05) is 0 Å². The van der Waals surface area contributed by atoms with Crippen LogP contribution in [0.4, 0.5) is 0 Å². The number of rotatable bonds is 12. The molecular formula is C24H36S12. The zero-order valence-electron chi connectivity index (χ0n) is 21.1. The first kappa shape index (κ1) is 36.7. The van der Waals surface area contributed by atoms with Crippen molar-refractivity contribution < 1.29 is 0 Å². The predicted octanol–water partition coefficient (Wildman–Crippen LogP) is 11.6. The van der Waals surface area contributed by atoms with Gasteiger partial charge < -0.3 is 0 Å². The Morgan fingerprint density at radius 1 is 0.389 bits per heavy atom. The smallest absolute Gasteiger partial charge is 0.0491 e. The average Bonchev–Trinajstić information content (AvgIpc) is 2.67. The lowest BCUT2D eigenvalue weighted by atomic mass is 10.4. The number of benzene rings is 2. The molecule has 0 nitrogen and oxygen atoms in total. The van der Waals surface area contributed by atoms with E-state index in [0.717, 1.165) is 0 Å². The number of hydrogen-bond donors (Lipinski definition) is 6. The molecule has 6 unspecified atom stereocenters. The van der Waals surface area contributed by atoms with Crippen molar-refractivity contribution in [1.82, 2.24) is 0 Å². The molecule has 0 aliphatic heterocycles. The van der Waals surface area contributed by atoms with E-state index in [0.29, 0.717) is 22.9 Å². The minimum Gasteiger partial charge on any atom is -0.165 e. The molecule has 0 saturated carbocycles. The second-order valence-electron chi connectivity index (χ2n) is 7.55. The van der Waals surface area contributed by atoms with Crippen LogP contribution in [0.2, 0.25) is 0 Å². The van der Waals surface area contributed by atoms with E-state index in [-0.39, 0.29) is 4.58 Å². The van der Waals surface area contributed by atoms with Gasteiger partial charge in [0, 0.05) is 56.9 Å². The van der Waals surface area contributed by atoms with Crippen LogP contribution in [-0.4, -0.2) is 27.5 Å². The van der Waals surface area contributed by atoms with E-state index in [1.165, 1.54) is 29.4 Å². The van der Waals surface area contributed by atoms with Crippen molar-refractivity contribution in [1.29, 1.82) is 0 Å². The maximum absolute atomic E-state index is 4.46. The van der Waals surface area contributed by atoms with Crippen LogP contribution in [0.5, 0.6) is 0 Å². The molecule has 0 amide bonds. The highest BCUT2D eigenvalue weighted by Gasteiger charge is 2.11. The molecule has 6 atom stereocenters. The van der Waals surface area contributed by atoms with Crippen molar-refractivity contribution in [2.24, 2.45) is 0 Å². The number of thioether (sulfide) groups is 6. The molecule has 204 valence electrons. The molecule has 0 aliphatic carbocycles. The summed E-state index contributed by atoms with van der Waals surface area (Å²) < 4.78 is 1.77. The molecule has 0 spiro atoms.